The van der Waals surface area contributed by atoms with E-state index in [0.29, 0.717) is 6.42 Å². The molecule has 0 aromatic carbocycles. The summed E-state index contributed by atoms with van der Waals surface area (Å²) in [5.74, 6) is 0. The zero-order valence-corrected chi connectivity index (χ0v) is 8.20. The quantitative estimate of drug-likeness (QED) is 0.620. The van der Waals surface area contributed by atoms with Crippen molar-refractivity contribution < 1.29 is 9.13 Å². The van der Waals surface area contributed by atoms with Gasteiger partial charge < -0.3 is 4.74 Å². The summed E-state index contributed by atoms with van der Waals surface area (Å²) in [4.78, 5) is 0. The molecule has 0 aliphatic rings. The summed E-state index contributed by atoms with van der Waals surface area (Å²) in [6, 6.07) is 0. The average molecular weight is 162 g/mol. The molecule has 0 amide bonds. The largest absolute Gasteiger partial charge is 0.381 e. The molecule has 1 atom stereocenters. The van der Waals surface area contributed by atoms with Crippen LogP contribution in [0.3, 0.4) is 0 Å². The highest BCUT2D eigenvalue weighted by Crippen LogP contribution is 2.29. The number of ether oxygens (including phenoxy) is 1. The van der Waals surface area contributed by atoms with E-state index >= 15 is 0 Å². The number of methoxy groups -OCH3 is 1. The van der Waals surface area contributed by atoms with Crippen molar-refractivity contribution in [1.29, 1.82) is 0 Å². The molecule has 0 rings (SSSR count). The predicted octanol–water partition coefficient (Wildman–Crippen LogP) is 2.80. The first kappa shape index (κ1) is 10.9. The Hall–Kier alpha value is -0.110. The fourth-order valence-electron chi connectivity index (χ4n) is 1.46. The highest BCUT2D eigenvalue weighted by atomic mass is 19.1. The maximum atomic E-state index is 13.5. The van der Waals surface area contributed by atoms with E-state index in [9.17, 15) is 4.39 Å². The number of rotatable bonds is 3. The van der Waals surface area contributed by atoms with Gasteiger partial charge in [0.05, 0.1) is 6.61 Å². The smallest absolute Gasteiger partial charge is 0.131 e. The van der Waals surface area contributed by atoms with Crippen molar-refractivity contribution in [2.24, 2.45) is 5.41 Å². The number of halogens is 1. The van der Waals surface area contributed by atoms with Crippen molar-refractivity contribution in [3.8, 4) is 0 Å². The second-order valence-corrected chi connectivity index (χ2v) is 4.58. The van der Waals surface area contributed by atoms with E-state index in [-0.39, 0.29) is 12.0 Å². The van der Waals surface area contributed by atoms with Gasteiger partial charge in [0.25, 0.3) is 0 Å². The molecule has 0 N–H and O–H groups in total. The Balaban J connectivity index is 3.91. The summed E-state index contributed by atoms with van der Waals surface area (Å²) in [5, 5.41) is 0. The van der Waals surface area contributed by atoms with Crippen molar-refractivity contribution in [3.05, 3.63) is 0 Å². The minimum absolute atomic E-state index is 0.0298. The maximum absolute atomic E-state index is 13.5. The lowest BCUT2D eigenvalue weighted by atomic mass is 9.84. The van der Waals surface area contributed by atoms with Crippen molar-refractivity contribution in [3.63, 3.8) is 0 Å². The van der Waals surface area contributed by atoms with Gasteiger partial charge in [-0.15, -0.1) is 0 Å². The Labute approximate surface area is 68.9 Å². The van der Waals surface area contributed by atoms with Gasteiger partial charge in [-0.05, 0) is 18.8 Å². The molecule has 0 bridgehead atoms. The second kappa shape index (κ2) is 3.53. The van der Waals surface area contributed by atoms with E-state index in [0.717, 1.165) is 0 Å². The molecule has 0 fully saturated rings. The second-order valence-electron chi connectivity index (χ2n) is 4.58. The summed E-state index contributed by atoms with van der Waals surface area (Å²) < 4.78 is 18.2. The number of alkyl halides is 1. The molecule has 0 aromatic rings. The first-order valence-electron chi connectivity index (χ1n) is 3.95. The number of hydrogen-bond acceptors (Lipinski definition) is 1. The topological polar surface area (TPSA) is 9.23 Å². The molecule has 1 nitrogen and oxygen atoms in total. The van der Waals surface area contributed by atoms with E-state index in [2.05, 4.69) is 0 Å². The zero-order chi connectivity index (χ0) is 9.12. The molecule has 0 unspecified atom stereocenters. The van der Waals surface area contributed by atoms with Gasteiger partial charge in [-0.25, -0.2) is 4.39 Å². The van der Waals surface area contributed by atoms with Gasteiger partial charge in [0.2, 0.25) is 0 Å². The molecular weight excluding hydrogens is 143 g/mol. The van der Waals surface area contributed by atoms with Crippen LogP contribution in [0.5, 0.6) is 0 Å². The Morgan fingerprint density at radius 3 is 1.91 bits per heavy atom. The molecular formula is C9H19FO. The van der Waals surface area contributed by atoms with Crippen molar-refractivity contribution >= 4 is 0 Å². The van der Waals surface area contributed by atoms with Crippen LogP contribution in [0.4, 0.5) is 4.39 Å². The molecule has 2 heteroatoms. The van der Waals surface area contributed by atoms with Crippen LogP contribution in [0.25, 0.3) is 0 Å². The first-order chi connectivity index (χ1) is 4.77. The summed E-state index contributed by atoms with van der Waals surface area (Å²) in [5.41, 5.74) is -1.16. The molecule has 0 saturated heterocycles. The Morgan fingerprint density at radius 1 is 1.18 bits per heavy atom. The lowest BCUT2D eigenvalue weighted by molar-refractivity contribution is 0.0247. The fraction of sp³-hybridized carbons (Fsp3) is 1.00. The van der Waals surface area contributed by atoms with E-state index in [4.69, 9.17) is 4.74 Å². The van der Waals surface area contributed by atoms with Gasteiger partial charge in [0.15, 0.2) is 0 Å². The molecule has 0 saturated carbocycles. The van der Waals surface area contributed by atoms with Crippen LogP contribution < -0.4 is 0 Å². The van der Waals surface area contributed by atoms with Crippen LogP contribution in [-0.4, -0.2) is 19.4 Å². The lowest BCUT2D eigenvalue weighted by Crippen LogP contribution is -2.30. The molecule has 0 spiro atoms. The van der Waals surface area contributed by atoms with Gasteiger partial charge in [-0.3, -0.25) is 0 Å². The third-order valence-electron chi connectivity index (χ3n) is 1.34. The summed E-state index contributed by atoms with van der Waals surface area (Å²) in [6.07, 6.45) is 0.536. The third kappa shape index (κ3) is 6.29. The summed E-state index contributed by atoms with van der Waals surface area (Å²) in [6.45, 7) is 7.85. The molecule has 11 heavy (non-hydrogen) atoms. The average Bonchev–Trinajstić information content (AvgIpc) is 1.55. The molecule has 0 heterocycles. The Kier molecular flexibility index (Phi) is 3.49. The van der Waals surface area contributed by atoms with E-state index in [1.165, 1.54) is 7.11 Å². The van der Waals surface area contributed by atoms with Crippen LogP contribution >= 0.6 is 0 Å². The normalized spacial score (nSPS) is 18.0. The minimum Gasteiger partial charge on any atom is -0.381 e. The van der Waals surface area contributed by atoms with E-state index in [1.807, 2.05) is 20.8 Å². The van der Waals surface area contributed by atoms with E-state index < -0.39 is 5.67 Å². The monoisotopic (exact) mass is 162 g/mol. The van der Waals surface area contributed by atoms with Crippen LogP contribution in [-0.2, 0) is 4.74 Å². The third-order valence-corrected chi connectivity index (χ3v) is 1.34. The van der Waals surface area contributed by atoms with Gasteiger partial charge in [0, 0.05) is 7.11 Å². The van der Waals surface area contributed by atoms with Crippen molar-refractivity contribution in [1.82, 2.24) is 0 Å². The Bertz CT molecular complexity index is 113. The summed E-state index contributed by atoms with van der Waals surface area (Å²) in [7, 11) is 1.53. The lowest BCUT2D eigenvalue weighted by Gasteiger charge is -2.28. The summed E-state index contributed by atoms with van der Waals surface area (Å²) >= 11 is 0. The highest BCUT2D eigenvalue weighted by Gasteiger charge is 2.29. The van der Waals surface area contributed by atoms with Gasteiger partial charge >= 0.3 is 0 Å². The standard InChI is InChI=1S/C9H19FO/c1-8(2,3)6-9(4,10)7-11-5/h6-7H2,1-5H3/t9-/m1/s1. The maximum Gasteiger partial charge on any atom is 0.131 e. The van der Waals surface area contributed by atoms with Gasteiger partial charge in [-0.1, -0.05) is 20.8 Å². The minimum atomic E-state index is -1.19. The molecule has 0 aliphatic carbocycles. The van der Waals surface area contributed by atoms with Crippen LogP contribution in [0.1, 0.15) is 34.1 Å². The molecule has 0 aromatic heterocycles. The van der Waals surface area contributed by atoms with Gasteiger partial charge in [-0.2, -0.15) is 0 Å². The fourth-order valence-corrected chi connectivity index (χ4v) is 1.46. The van der Waals surface area contributed by atoms with Crippen molar-refractivity contribution in [2.75, 3.05) is 13.7 Å². The molecule has 0 radical (unpaired) electrons. The van der Waals surface area contributed by atoms with Crippen LogP contribution in [0.2, 0.25) is 0 Å². The number of hydrogen-bond donors (Lipinski definition) is 0. The zero-order valence-electron chi connectivity index (χ0n) is 8.20. The first-order valence-corrected chi connectivity index (χ1v) is 3.95. The van der Waals surface area contributed by atoms with Crippen LogP contribution in [0, 0.1) is 5.41 Å². The van der Waals surface area contributed by atoms with Crippen LogP contribution in [0.15, 0.2) is 0 Å². The molecule has 68 valence electrons. The predicted molar refractivity (Wildman–Crippen MR) is 45.5 cm³/mol. The molecule has 0 aliphatic heterocycles. The SMILES string of the molecule is COC[C@](C)(F)CC(C)(C)C. The van der Waals surface area contributed by atoms with E-state index in [1.54, 1.807) is 6.92 Å². The Morgan fingerprint density at radius 2 is 1.64 bits per heavy atom. The van der Waals surface area contributed by atoms with Crippen molar-refractivity contribution in [2.45, 2.75) is 39.8 Å². The highest BCUT2D eigenvalue weighted by molar-refractivity contribution is 4.79. The van der Waals surface area contributed by atoms with Gasteiger partial charge in [0.1, 0.15) is 5.67 Å².